The molecular formula is C10H9ClO3. The van der Waals surface area contributed by atoms with E-state index in [9.17, 15) is 4.79 Å². The Kier molecular flexibility index (Phi) is 3.14. The van der Waals surface area contributed by atoms with Gasteiger partial charge >= 0.3 is 5.97 Å². The van der Waals surface area contributed by atoms with Crippen molar-refractivity contribution in [1.29, 1.82) is 0 Å². The number of esters is 1. The second-order valence-electron chi connectivity index (χ2n) is 2.64. The number of carbonyl (C=O) groups excluding carboxylic acids is 1. The first-order valence-electron chi connectivity index (χ1n) is 3.88. The summed E-state index contributed by atoms with van der Waals surface area (Å²) in [6.07, 6.45) is 0. The number of methoxy groups -OCH3 is 1. The molecule has 0 aliphatic carbocycles. The van der Waals surface area contributed by atoms with E-state index in [-0.39, 0.29) is 18.2 Å². The molecule has 14 heavy (non-hydrogen) atoms. The summed E-state index contributed by atoms with van der Waals surface area (Å²) < 4.78 is 9.78. The van der Waals surface area contributed by atoms with E-state index in [1.165, 1.54) is 7.11 Å². The van der Waals surface area contributed by atoms with Crippen LogP contribution in [-0.4, -0.2) is 13.1 Å². The van der Waals surface area contributed by atoms with Crippen LogP contribution in [0.15, 0.2) is 34.7 Å². The Morgan fingerprint density at radius 3 is 2.71 bits per heavy atom. The monoisotopic (exact) mass is 212 g/mol. The lowest BCUT2D eigenvalue weighted by molar-refractivity contribution is 0.0567. The van der Waals surface area contributed by atoms with E-state index in [1.807, 2.05) is 24.3 Å². The van der Waals surface area contributed by atoms with Crippen LogP contribution in [0.2, 0.25) is 0 Å². The van der Waals surface area contributed by atoms with Gasteiger partial charge in [-0.2, -0.15) is 0 Å². The maximum absolute atomic E-state index is 11.1. The van der Waals surface area contributed by atoms with E-state index < -0.39 is 5.97 Å². The number of hydrogen-bond donors (Lipinski definition) is 0. The molecule has 1 aromatic heterocycles. The number of hydrogen-bond acceptors (Lipinski definition) is 3. The molecule has 1 heterocycles. The summed E-state index contributed by atoms with van der Waals surface area (Å²) in [5, 5.41) is 0.905. The highest BCUT2D eigenvalue weighted by molar-refractivity contribution is 5.92. The van der Waals surface area contributed by atoms with Crippen molar-refractivity contribution in [2.24, 2.45) is 0 Å². The Balaban J connectivity index is 0.000000980. The quantitative estimate of drug-likeness (QED) is 0.683. The third-order valence-electron chi connectivity index (χ3n) is 1.81. The van der Waals surface area contributed by atoms with Crippen molar-refractivity contribution in [3.8, 4) is 0 Å². The molecule has 74 valence electrons. The highest BCUT2D eigenvalue weighted by atomic mass is 35.5. The zero-order valence-electron chi connectivity index (χ0n) is 7.52. The predicted molar refractivity (Wildman–Crippen MR) is 54.8 cm³/mol. The fourth-order valence-electron chi connectivity index (χ4n) is 1.18. The normalized spacial score (nSPS) is 9.50. The van der Waals surface area contributed by atoms with Gasteiger partial charge in [0.05, 0.1) is 7.11 Å². The molecule has 1 aromatic carbocycles. The first-order chi connectivity index (χ1) is 6.31. The van der Waals surface area contributed by atoms with E-state index in [2.05, 4.69) is 4.74 Å². The lowest BCUT2D eigenvalue weighted by Crippen LogP contribution is -1.97. The number of ether oxygens (including phenoxy) is 1. The first kappa shape index (κ1) is 10.6. The Morgan fingerprint density at radius 1 is 1.36 bits per heavy atom. The molecule has 0 atom stereocenters. The molecule has 3 nitrogen and oxygen atoms in total. The second-order valence-corrected chi connectivity index (χ2v) is 2.64. The molecule has 0 saturated heterocycles. The minimum absolute atomic E-state index is 0. The fourth-order valence-corrected chi connectivity index (χ4v) is 1.18. The molecule has 2 rings (SSSR count). The van der Waals surface area contributed by atoms with E-state index in [1.54, 1.807) is 6.07 Å². The van der Waals surface area contributed by atoms with Gasteiger partial charge < -0.3 is 9.15 Å². The topological polar surface area (TPSA) is 39.4 Å². The van der Waals surface area contributed by atoms with Crippen LogP contribution in [0, 0.1) is 0 Å². The molecule has 0 aliphatic rings. The SMILES string of the molecule is COC(=O)c1cc2ccccc2o1.Cl. The minimum Gasteiger partial charge on any atom is -0.463 e. The molecule has 0 aliphatic heterocycles. The molecule has 2 aromatic rings. The van der Waals surface area contributed by atoms with Crippen LogP contribution in [-0.2, 0) is 4.74 Å². The minimum atomic E-state index is -0.448. The van der Waals surface area contributed by atoms with Crippen LogP contribution < -0.4 is 0 Å². The highest BCUT2D eigenvalue weighted by Crippen LogP contribution is 2.18. The van der Waals surface area contributed by atoms with Crippen LogP contribution in [0.3, 0.4) is 0 Å². The number of rotatable bonds is 1. The molecule has 0 N–H and O–H groups in total. The van der Waals surface area contributed by atoms with Gasteiger partial charge in [-0.05, 0) is 12.1 Å². The number of furan rings is 1. The number of fused-ring (bicyclic) bond motifs is 1. The maximum atomic E-state index is 11.1. The zero-order valence-corrected chi connectivity index (χ0v) is 8.34. The second kappa shape index (κ2) is 4.15. The van der Waals surface area contributed by atoms with Gasteiger partial charge in [0.15, 0.2) is 0 Å². The van der Waals surface area contributed by atoms with Crippen molar-refractivity contribution < 1.29 is 13.9 Å². The smallest absolute Gasteiger partial charge is 0.373 e. The Morgan fingerprint density at radius 2 is 2.07 bits per heavy atom. The Labute approximate surface area is 87.1 Å². The van der Waals surface area contributed by atoms with Gasteiger partial charge in [0, 0.05) is 5.39 Å². The fraction of sp³-hybridized carbons (Fsp3) is 0.100. The van der Waals surface area contributed by atoms with E-state index in [0.717, 1.165) is 5.39 Å². The van der Waals surface area contributed by atoms with Crippen molar-refractivity contribution >= 4 is 29.3 Å². The molecular weight excluding hydrogens is 204 g/mol. The standard InChI is InChI=1S/C10H8O3.ClH/c1-12-10(11)9-6-7-4-2-3-5-8(7)13-9;/h2-6H,1H3;1H. The summed E-state index contributed by atoms with van der Waals surface area (Å²) in [5.41, 5.74) is 0.697. The predicted octanol–water partition coefficient (Wildman–Crippen LogP) is 2.64. The van der Waals surface area contributed by atoms with Crippen LogP contribution in [0.5, 0.6) is 0 Å². The Bertz CT molecular complexity index is 414. The van der Waals surface area contributed by atoms with Gasteiger partial charge in [-0.1, -0.05) is 18.2 Å². The van der Waals surface area contributed by atoms with Gasteiger partial charge in [-0.3, -0.25) is 0 Å². The maximum Gasteiger partial charge on any atom is 0.373 e. The van der Waals surface area contributed by atoms with Crippen molar-refractivity contribution in [2.45, 2.75) is 0 Å². The lowest BCUT2D eigenvalue weighted by Gasteiger charge is -1.90. The number of halogens is 1. The molecule has 0 unspecified atom stereocenters. The van der Waals surface area contributed by atoms with E-state index >= 15 is 0 Å². The van der Waals surface area contributed by atoms with Crippen molar-refractivity contribution in [3.63, 3.8) is 0 Å². The average Bonchev–Trinajstić information content (AvgIpc) is 2.59. The van der Waals surface area contributed by atoms with Crippen LogP contribution in [0.25, 0.3) is 11.0 Å². The van der Waals surface area contributed by atoms with E-state index in [4.69, 9.17) is 4.42 Å². The molecule has 0 fully saturated rings. The molecule has 0 radical (unpaired) electrons. The number of carbonyl (C=O) groups is 1. The average molecular weight is 213 g/mol. The summed E-state index contributed by atoms with van der Waals surface area (Å²) in [7, 11) is 1.33. The highest BCUT2D eigenvalue weighted by Gasteiger charge is 2.10. The Hall–Kier alpha value is -1.48. The molecule has 0 bridgehead atoms. The largest absolute Gasteiger partial charge is 0.463 e. The van der Waals surface area contributed by atoms with Crippen molar-refractivity contribution in [2.75, 3.05) is 7.11 Å². The third-order valence-corrected chi connectivity index (χ3v) is 1.81. The van der Waals surface area contributed by atoms with Gasteiger partial charge in [-0.25, -0.2) is 4.79 Å². The van der Waals surface area contributed by atoms with Gasteiger partial charge in [-0.15, -0.1) is 12.4 Å². The number of benzene rings is 1. The first-order valence-corrected chi connectivity index (χ1v) is 3.88. The molecule has 0 saturated carbocycles. The zero-order chi connectivity index (χ0) is 9.26. The summed E-state index contributed by atoms with van der Waals surface area (Å²) in [5.74, 6) is -0.208. The van der Waals surface area contributed by atoms with Gasteiger partial charge in [0.2, 0.25) is 5.76 Å². The summed E-state index contributed by atoms with van der Waals surface area (Å²) in [6.45, 7) is 0. The van der Waals surface area contributed by atoms with Crippen molar-refractivity contribution in [3.05, 3.63) is 36.1 Å². The summed E-state index contributed by atoms with van der Waals surface area (Å²) in [4.78, 5) is 11.1. The van der Waals surface area contributed by atoms with Gasteiger partial charge in [0.25, 0.3) is 0 Å². The van der Waals surface area contributed by atoms with Crippen LogP contribution >= 0.6 is 12.4 Å². The molecule has 4 heteroatoms. The third kappa shape index (κ3) is 1.72. The van der Waals surface area contributed by atoms with Gasteiger partial charge in [0.1, 0.15) is 5.58 Å². The summed E-state index contributed by atoms with van der Waals surface area (Å²) in [6, 6.07) is 9.10. The van der Waals surface area contributed by atoms with E-state index in [0.29, 0.717) is 5.58 Å². The van der Waals surface area contributed by atoms with Crippen molar-refractivity contribution in [1.82, 2.24) is 0 Å². The lowest BCUT2D eigenvalue weighted by atomic mass is 10.2. The molecule has 0 amide bonds. The molecule has 0 spiro atoms. The van der Waals surface area contributed by atoms with Crippen LogP contribution in [0.1, 0.15) is 10.6 Å². The summed E-state index contributed by atoms with van der Waals surface area (Å²) >= 11 is 0. The number of para-hydroxylation sites is 1. The van der Waals surface area contributed by atoms with Crippen LogP contribution in [0.4, 0.5) is 0 Å².